The molecule has 0 aliphatic heterocycles. The number of hydrogen-bond donors (Lipinski definition) is 0. The lowest BCUT2D eigenvalue weighted by atomic mass is 9.96. The Kier molecular flexibility index (Phi) is 12.2. The Balaban J connectivity index is 1.14. The second-order valence-electron chi connectivity index (χ2n) is 13.7. The summed E-state index contributed by atoms with van der Waals surface area (Å²) in [6.45, 7) is 3.10. The summed E-state index contributed by atoms with van der Waals surface area (Å²) in [4.78, 5) is 26.9. The molecule has 6 aromatic carbocycles. The number of nitriles is 2. The van der Waals surface area contributed by atoms with Crippen LogP contribution in [0, 0.1) is 22.7 Å². The minimum atomic E-state index is -1.45. The summed E-state index contributed by atoms with van der Waals surface area (Å²) in [7, 11) is 0. The van der Waals surface area contributed by atoms with Crippen LogP contribution in [-0.2, 0) is 9.59 Å². The summed E-state index contributed by atoms with van der Waals surface area (Å²) in [5.41, 5.74) is 3.69. The fourth-order valence-electron chi connectivity index (χ4n) is 6.17. The van der Waals surface area contributed by atoms with Gasteiger partial charge < -0.3 is 9.47 Å². The van der Waals surface area contributed by atoms with Crippen LogP contribution in [0.3, 0.4) is 0 Å². The summed E-state index contributed by atoms with van der Waals surface area (Å²) >= 11 is 0. The van der Waals surface area contributed by atoms with Gasteiger partial charge in [0.25, 0.3) is 0 Å². The van der Waals surface area contributed by atoms with Crippen LogP contribution < -0.4 is 9.47 Å². The molecule has 8 nitrogen and oxygen atoms in total. The Bertz CT molecular complexity index is 2120. The van der Waals surface area contributed by atoms with Crippen molar-refractivity contribution in [1.82, 2.24) is 0 Å². The van der Waals surface area contributed by atoms with Gasteiger partial charge in [0.15, 0.2) is 11.1 Å². The predicted octanol–water partition coefficient (Wildman–Crippen LogP) is 11.4. The van der Waals surface area contributed by atoms with Crippen LogP contribution in [0.2, 0.25) is 0 Å². The van der Waals surface area contributed by atoms with Gasteiger partial charge in [-0.15, -0.1) is 0 Å². The molecule has 6 aromatic rings. The Morgan fingerprint density at radius 1 is 0.464 bits per heavy atom. The van der Waals surface area contributed by atoms with E-state index in [1.165, 1.54) is 0 Å². The van der Waals surface area contributed by atoms with Crippen molar-refractivity contribution in [2.24, 2.45) is 10.2 Å². The molecule has 2 atom stereocenters. The maximum Gasteiger partial charge on any atom is 0.311 e. The van der Waals surface area contributed by atoms with E-state index in [0.29, 0.717) is 11.5 Å². The van der Waals surface area contributed by atoms with E-state index in [1.54, 1.807) is 13.8 Å². The Hall–Kier alpha value is -7.16. The molecular weight excluding hydrogens is 697 g/mol. The van der Waals surface area contributed by atoms with Gasteiger partial charge in [-0.3, -0.25) is 9.59 Å². The fourth-order valence-corrected chi connectivity index (χ4v) is 6.17. The molecule has 0 radical (unpaired) electrons. The number of rotatable bonds is 14. The van der Waals surface area contributed by atoms with Crippen LogP contribution in [0.4, 0.5) is 0 Å². The lowest BCUT2D eigenvalue weighted by Crippen LogP contribution is -2.26. The molecule has 0 saturated carbocycles. The normalized spacial score (nSPS) is 13.1. The molecule has 0 aliphatic rings. The third-order valence-corrected chi connectivity index (χ3v) is 9.41. The van der Waals surface area contributed by atoms with Gasteiger partial charge in [-0.2, -0.15) is 20.8 Å². The average Bonchev–Trinajstić information content (AvgIpc) is 3.25. The van der Waals surface area contributed by atoms with Crippen molar-refractivity contribution in [3.8, 4) is 68.1 Å². The maximum absolute atomic E-state index is 13.4. The molecule has 0 amide bonds. The summed E-state index contributed by atoms with van der Waals surface area (Å²) < 4.78 is 12.1. The number of esters is 2. The molecule has 6 rings (SSSR count). The standard InChI is InChI=1S/C48H40N4O4/c1-47(33-49,31-29-43(53)55-45-39(35-17-7-3-8-18-35)25-15-26-40(45)36-19-9-4-10-20-36)51-52-48(2,34-50)32-30-44(54)56-46-41(37-21-11-5-12-22-37)27-16-28-42(46)38-23-13-6-14-24-38/h3-28H,29-32H2,1-2H3. The molecule has 0 fully saturated rings. The SMILES string of the molecule is CC(C#N)(CCC(=O)Oc1c(-c2ccccc2)cccc1-c1ccccc1)N=NC(C)(C#N)CCC(=O)Oc1c(-c2ccccc2)cccc1-c1ccccc1. The number of nitrogens with zero attached hydrogens (tertiary/aromatic N) is 4. The Morgan fingerprint density at radius 3 is 0.982 bits per heavy atom. The maximum atomic E-state index is 13.4. The van der Waals surface area contributed by atoms with Crippen molar-refractivity contribution in [2.75, 3.05) is 0 Å². The molecule has 56 heavy (non-hydrogen) atoms. The van der Waals surface area contributed by atoms with E-state index < -0.39 is 23.0 Å². The lowest BCUT2D eigenvalue weighted by molar-refractivity contribution is -0.135. The number of azo groups is 1. The monoisotopic (exact) mass is 736 g/mol. The summed E-state index contributed by atoms with van der Waals surface area (Å²) in [6.07, 6.45) is -0.300. The van der Waals surface area contributed by atoms with E-state index in [2.05, 4.69) is 22.4 Å². The molecule has 8 heteroatoms. The molecule has 0 N–H and O–H groups in total. The van der Waals surface area contributed by atoms with E-state index in [0.717, 1.165) is 44.5 Å². The zero-order valence-corrected chi connectivity index (χ0v) is 31.3. The van der Waals surface area contributed by atoms with Crippen molar-refractivity contribution in [1.29, 1.82) is 10.5 Å². The number of ether oxygens (including phenoxy) is 2. The van der Waals surface area contributed by atoms with Crippen molar-refractivity contribution < 1.29 is 19.1 Å². The first-order valence-corrected chi connectivity index (χ1v) is 18.4. The first-order valence-electron chi connectivity index (χ1n) is 18.4. The first-order chi connectivity index (χ1) is 27.2. The number of benzene rings is 6. The molecule has 0 spiro atoms. The van der Waals surface area contributed by atoms with E-state index in [1.807, 2.05) is 158 Å². The van der Waals surface area contributed by atoms with E-state index >= 15 is 0 Å². The van der Waals surface area contributed by atoms with Gasteiger partial charge in [0.05, 0.1) is 12.1 Å². The van der Waals surface area contributed by atoms with Gasteiger partial charge in [-0.05, 0) is 48.9 Å². The topological polar surface area (TPSA) is 125 Å². The van der Waals surface area contributed by atoms with Crippen LogP contribution in [0.15, 0.2) is 168 Å². The quantitative estimate of drug-likeness (QED) is 0.0622. The third kappa shape index (κ3) is 9.49. The number of hydrogen-bond acceptors (Lipinski definition) is 8. The van der Waals surface area contributed by atoms with Gasteiger partial charge in [0, 0.05) is 35.1 Å². The second kappa shape index (κ2) is 17.8. The van der Waals surface area contributed by atoms with Crippen molar-refractivity contribution in [2.45, 2.75) is 50.6 Å². The van der Waals surface area contributed by atoms with Crippen LogP contribution >= 0.6 is 0 Å². The predicted molar refractivity (Wildman–Crippen MR) is 217 cm³/mol. The number of carbonyl (C=O) groups is 2. The van der Waals surface area contributed by atoms with Crippen molar-refractivity contribution in [3.05, 3.63) is 158 Å². The van der Waals surface area contributed by atoms with E-state index in [9.17, 15) is 20.1 Å². The van der Waals surface area contributed by atoms with Crippen LogP contribution in [0.25, 0.3) is 44.5 Å². The summed E-state index contributed by atoms with van der Waals surface area (Å²) in [5, 5.41) is 28.9. The smallest absolute Gasteiger partial charge is 0.311 e. The van der Waals surface area contributed by atoms with Gasteiger partial charge in [0.1, 0.15) is 11.5 Å². The average molecular weight is 737 g/mol. The van der Waals surface area contributed by atoms with E-state index in [-0.39, 0.29) is 25.7 Å². The second-order valence-corrected chi connectivity index (χ2v) is 13.7. The largest absolute Gasteiger partial charge is 0.425 e. The molecule has 0 bridgehead atoms. The lowest BCUT2D eigenvalue weighted by Gasteiger charge is -2.20. The minimum Gasteiger partial charge on any atom is -0.425 e. The summed E-state index contributed by atoms with van der Waals surface area (Å²) in [5.74, 6) is -0.250. The molecular formula is C48H40N4O4. The Morgan fingerprint density at radius 2 is 0.732 bits per heavy atom. The third-order valence-electron chi connectivity index (χ3n) is 9.41. The minimum absolute atomic E-state index is 0.0118. The molecule has 2 unspecified atom stereocenters. The van der Waals surface area contributed by atoms with Crippen LogP contribution in [0.1, 0.15) is 39.5 Å². The van der Waals surface area contributed by atoms with Gasteiger partial charge in [0.2, 0.25) is 0 Å². The molecule has 0 aliphatic carbocycles. The summed E-state index contributed by atoms with van der Waals surface area (Å²) in [6, 6.07) is 54.4. The van der Waals surface area contributed by atoms with Crippen molar-refractivity contribution in [3.63, 3.8) is 0 Å². The van der Waals surface area contributed by atoms with Gasteiger partial charge in [-0.1, -0.05) is 158 Å². The highest BCUT2D eigenvalue weighted by Gasteiger charge is 2.31. The highest BCUT2D eigenvalue weighted by atomic mass is 16.5. The molecule has 276 valence electrons. The van der Waals surface area contributed by atoms with Crippen LogP contribution in [0.5, 0.6) is 11.5 Å². The fraction of sp³-hybridized carbons (Fsp3) is 0.167. The highest BCUT2D eigenvalue weighted by molar-refractivity contribution is 5.88. The van der Waals surface area contributed by atoms with E-state index in [4.69, 9.17) is 9.47 Å². The van der Waals surface area contributed by atoms with Gasteiger partial charge >= 0.3 is 11.9 Å². The van der Waals surface area contributed by atoms with Crippen molar-refractivity contribution >= 4 is 11.9 Å². The van der Waals surface area contributed by atoms with Gasteiger partial charge in [-0.25, -0.2) is 0 Å². The Labute approximate surface area is 327 Å². The molecule has 0 aromatic heterocycles. The number of carbonyl (C=O) groups excluding carboxylic acids is 2. The zero-order chi connectivity index (χ0) is 39.4. The van der Waals surface area contributed by atoms with Crippen LogP contribution in [-0.4, -0.2) is 23.0 Å². The molecule has 0 heterocycles. The molecule has 0 saturated heterocycles. The zero-order valence-electron chi connectivity index (χ0n) is 31.3. The number of para-hydroxylation sites is 2. The first kappa shape index (κ1) is 38.6. The highest BCUT2D eigenvalue weighted by Crippen LogP contribution is 2.41.